The van der Waals surface area contributed by atoms with Crippen LogP contribution < -0.4 is 0 Å². The third-order valence-corrected chi connectivity index (χ3v) is 5.90. The van der Waals surface area contributed by atoms with Gasteiger partial charge in [0.05, 0.1) is 0 Å². The number of fused-ring (bicyclic) bond motifs is 4. The molecular weight excluding hydrogens is 338 g/mol. The second-order valence-electron chi connectivity index (χ2n) is 7.45. The zero-order valence-corrected chi connectivity index (χ0v) is 16.4. The number of benzene rings is 4. The molecule has 0 fully saturated rings. The molecule has 0 saturated carbocycles. The Morgan fingerprint density at radius 3 is 2.21 bits per heavy atom. The van der Waals surface area contributed by atoms with Crippen molar-refractivity contribution < 1.29 is 0 Å². The fourth-order valence-electron chi connectivity index (χ4n) is 4.45. The average Bonchev–Trinajstić information content (AvgIpc) is 3.07. The number of aryl methyl sites for hydroxylation is 2. The summed E-state index contributed by atoms with van der Waals surface area (Å²) in [7, 11) is 0. The Kier molecular flexibility index (Phi) is 3.84. The molecule has 1 heterocycles. The second-order valence-corrected chi connectivity index (χ2v) is 7.45. The molecule has 0 amide bonds. The van der Waals surface area contributed by atoms with E-state index < -0.39 is 0 Å². The van der Waals surface area contributed by atoms with Crippen molar-refractivity contribution in [3.05, 3.63) is 102 Å². The maximum Gasteiger partial charge on any atom is 0.0491 e. The highest BCUT2D eigenvalue weighted by Gasteiger charge is 2.13. The van der Waals surface area contributed by atoms with E-state index in [-0.39, 0.29) is 0 Å². The van der Waals surface area contributed by atoms with Crippen LogP contribution in [0.1, 0.15) is 23.6 Å². The third-order valence-electron chi connectivity index (χ3n) is 5.90. The molecule has 0 spiro atoms. The van der Waals surface area contributed by atoms with Gasteiger partial charge in [-0.3, -0.25) is 0 Å². The molecule has 1 heteroatoms. The van der Waals surface area contributed by atoms with Crippen LogP contribution >= 0.6 is 0 Å². The maximum atomic E-state index is 4.48. The molecule has 0 aliphatic carbocycles. The van der Waals surface area contributed by atoms with Crippen LogP contribution in [0.25, 0.3) is 38.2 Å². The first-order valence-electron chi connectivity index (χ1n) is 9.88. The molecule has 136 valence electrons. The number of para-hydroxylation sites is 1. The minimum absolute atomic E-state index is 0.965. The van der Waals surface area contributed by atoms with E-state index in [0.717, 1.165) is 12.1 Å². The van der Waals surface area contributed by atoms with Gasteiger partial charge in [0.25, 0.3) is 0 Å². The smallest absolute Gasteiger partial charge is 0.0491 e. The Morgan fingerprint density at radius 1 is 0.750 bits per heavy atom. The monoisotopic (exact) mass is 361 g/mol. The third kappa shape index (κ3) is 2.40. The standard InChI is InChI=1S/C27H23N/c1-4-28-26-12-8-7-11-24(26)25-17-20(14-16-27(25)28)19(3)22-15-13-18(2)21-9-5-6-10-23(21)22/h5-17H,3-4H2,1-2H3. The van der Waals surface area contributed by atoms with E-state index in [1.54, 1.807) is 0 Å². The zero-order valence-electron chi connectivity index (χ0n) is 16.4. The van der Waals surface area contributed by atoms with Gasteiger partial charge in [0, 0.05) is 28.4 Å². The van der Waals surface area contributed by atoms with Crippen molar-refractivity contribution in [2.24, 2.45) is 0 Å². The van der Waals surface area contributed by atoms with Crippen LogP contribution in [0.5, 0.6) is 0 Å². The van der Waals surface area contributed by atoms with Crippen LogP contribution in [-0.4, -0.2) is 4.57 Å². The first kappa shape index (κ1) is 16.8. The fourth-order valence-corrected chi connectivity index (χ4v) is 4.45. The molecule has 4 aromatic carbocycles. The molecule has 0 atom stereocenters. The largest absolute Gasteiger partial charge is 0.341 e. The van der Waals surface area contributed by atoms with Gasteiger partial charge >= 0.3 is 0 Å². The first-order chi connectivity index (χ1) is 13.7. The van der Waals surface area contributed by atoms with Crippen LogP contribution in [0.3, 0.4) is 0 Å². The minimum atomic E-state index is 0.965. The summed E-state index contributed by atoms with van der Waals surface area (Å²) in [5.74, 6) is 0. The molecule has 5 aromatic rings. The predicted octanol–water partition coefficient (Wildman–Crippen LogP) is 7.34. The lowest BCUT2D eigenvalue weighted by atomic mass is 9.92. The summed E-state index contributed by atoms with van der Waals surface area (Å²) in [4.78, 5) is 0. The van der Waals surface area contributed by atoms with Gasteiger partial charge in [-0.15, -0.1) is 0 Å². The summed E-state index contributed by atoms with van der Waals surface area (Å²) in [6.07, 6.45) is 0. The van der Waals surface area contributed by atoms with Crippen molar-refractivity contribution in [2.45, 2.75) is 20.4 Å². The number of hydrogen-bond donors (Lipinski definition) is 0. The van der Waals surface area contributed by atoms with E-state index in [9.17, 15) is 0 Å². The van der Waals surface area contributed by atoms with Gasteiger partial charge in [-0.1, -0.05) is 67.2 Å². The predicted molar refractivity (Wildman–Crippen MR) is 122 cm³/mol. The first-order valence-corrected chi connectivity index (χ1v) is 9.88. The van der Waals surface area contributed by atoms with E-state index >= 15 is 0 Å². The molecule has 0 N–H and O–H groups in total. The molecule has 0 aliphatic heterocycles. The van der Waals surface area contributed by atoms with Gasteiger partial charge in [0.15, 0.2) is 0 Å². The van der Waals surface area contributed by atoms with Crippen LogP contribution in [-0.2, 0) is 6.54 Å². The minimum Gasteiger partial charge on any atom is -0.341 e. The average molecular weight is 361 g/mol. The molecule has 1 aromatic heterocycles. The number of rotatable bonds is 3. The van der Waals surface area contributed by atoms with E-state index in [4.69, 9.17) is 0 Å². The summed E-state index contributed by atoms with van der Waals surface area (Å²) >= 11 is 0. The molecule has 0 radical (unpaired) electrons. The molecule has 0 saturated heterocycles. The van der Waals surface area contributed by atoms with Gasteiger partial charge in [0.2, 0.25) is 0 Å². The van der Waals surface area contributed by atoms with E-state index in [1.165, 1.54) is 49.3 Å². The van der Waals surface area contributed by atoms with Crippen molar-refractivity contribution in [3.63, 3.8) is 0 Å². The Balaban J connectivity index is 1.73. The molecule has 5 rings (SSSR count). The highest BCUT2D eigenvalue weighted by molar-refractivity contribution is 6.09. The summed E-state index contributed by atoms with van der Waals surface area (Å²) in [6.45, 7) is 9.82. The molecule has 1 nitrogen and oxygen atoms in total. The summed E-state index contributed by atoms with van der Waals surface area (Å²) in [6, 6.07) is 28.4. The summed E-state index contributed by atoms with van der Waals surface area (Å²) in [5.41, 5.74) is 7.35. The SMILES string of the molecule is C=C(c1ccc2c(c1)c1ccccc1n2CC)c1ccc(C)c2ccccc12. The highest BCUT2D eigenvalue weighted by Crippen LogP contribution is 2.35. The van der Waals surface area contributed by atoms with Crippen molar-refractivity contribution in [1.82, 2.24) is 4.57 Å². The lowest BCUT2D eigenvalue weighted by Crippen LogP contribution is -1.93. The van der Waals surface area contributed by atoms with Gasteiger partial charge in [-0.25, -0.2) is 0 Å². The Morgan fingerprint density at radius 2 is 1.43 bits per heavy atom. The molecule has 0 aliphatic rings. The Labute approximate surface area is 165 Å². The molecule has 0 bridgehead atoms. The summed E-state index contributed by atoms with van der Waals surface area (Å²) in [5, 5.41) is 5.17. The summed E-state index contributed by atoms with van der Waals surface area (Å²) < 4.78 is 2.39. The highest BCUT2D eigenvalue weighted by atomic mass is 15.0. The van der Waals surface area contributed by atoms with Crippen molar-refractivity contribution in [3.8, 4) is 0 Å². The van der Waals surface area contributed by atoms with Crippen LogP contribution in [0.15, 0.2) is 85.4 Å². The number of hydrogen-bond acceptors (Lipinski definition) is 0. The van der Waals surface area contributed by atoms with E-state index in [0.29, 0.717) is 0 Å². The van der Waals surface area contributed by atoms with Crippen LogP contribution in [0, 0.1) is 6.92 Å². The van der Waals surface area contributed by atoms with Gasteiger partial charge < -0.3 is 4.57 Å². The van der Waals surface area contributed by atoms with Gasteiger partial charge in [0.1, 0.15) is 0 Å². The second kappa shape index (κ2) is 6.38. The topological polar surface area (TPSA) is 4.93 Å². The lowest BCUT2D eigenvalue weighted by Gasteiger charge is -2.12. The van der Waals surface area contributed by atoms with Crippen molar-refractivity contribution in [2.75, 3.05) is 0 Å². The van der Waals surface area contributed by atoms with Crippen LogP contribution in [0.2, 0.25) is 0 Å². The van der Waals surface area contributed by atoms with Gasteiger partial charge in [-0.2, -0.15) is 0 Å². The van der Waals surface area contributed by atoms with Gasteiger partial charge in [-0.05, 0) is 65.1 Å². The van der Waals surface area contributed by atoms with E-state index in [1.807, 2.05) is 0 Å². The number of nitrogens with zero attached hydrogens (tertiary/aromatic N) is 1. The molecule has 0 unspecified atom stereocenters. The lowest BCUT2D eigenvalue weighted by molar-refractivity contribution is 0.827. The van der Waals surface area contributed by atoms with Crippen molar-refractivity contribution in [1.29, 1.82) is 0 Å². The molecular formula is C27H23N. The Bertz CT molecular complexity index is 1370. The quantitative estimate of drug-likeness (QED) is 0.317. The van der Waals surface area contributed by atoms with E-state index in [2.05, 4.69) is 104 Å². The zero-order chi connectivity index (χ0) is 19.3. The normalized spacial score (nSPS) is 11.5. The van der Waals surface area contributed by atoms with Crippen LogP contribution in [0.4, 0.5) is 0 Å². The number of aromatic nitrogens is 1. The fraction of sp³-hybridized carbons (Fsp3) is 0.111. The van der Waals surface area contributed by atoms with Crippen molar-refractivity contribution >= 4 is 38.2 Å². The molecule has 28 heavy (non-hydrogen) atoms. The maximum absolute atomic E-state index is 4.48. The Hall–Kier alpha value is -3.32.